The summed E-state index contributed by atoms with van der Waals surface area (Å²) in [7, 11) is 0. The van der Waals surface area contributed by atoms with Crippen molar-refractivity contribution in [2.45, 2.75) is 26.3 Å². The summed E-state index contributed by atoms with van der Waals surface area (Å²) in [6.07, 6.45) is 3.43. The first kappa shape index (κ1) is 25.1. The smallest absolute Gasteiger partial charge is 0.326 e. The number of aryl methyl sites for hydroxylation is 1. The number of nitrogens with two attached hydrogens (primary N) is 2. The van der Waals surface area contributed by atoms with Gasteiger partial charge in [-0.25, -0.2) is 4.79 Å². The number of rotatable bonds is 11. The first-order chi connectivity index (χ1) is 16.5. The molecule has 2 aromatic carbocycles. The van der Waals surface area contributed by atoms with Crippen LogP contribution in [0, 0.1) is 6.92 Å². The highest BCUT2D eigenvalue weighted by atomic mass is 16.2. The van der Waals surface area contributed by atoms with Crippen molar-refractivity contribution < 1.29 is 4.79 Å². The van der Waals surface area contributed by atoms with Crippen molar-refractivity contribution >= 4 is 17.7 Å². The Hall–Kier alpha value is -3.53. The topological polar surface area (TPSA) is 142 Å². The molecule has 0 saturated carbocycles. The molecule has 0 unspecified atom stereocenters. The molecule has 34 heavy (non-hydrogen) atoms. The third-order valence-electron chi connectivity index (χ3n) is 5.45. The molecule has 9 heteroatoms. The van der Waals surface area contributed by atoms with Crippen molar-refractivity contribution in [2.75, 3.05) is 36.8 Å². The minimum atomic E-state index is -0.483. The van der Waals surface area contributed by atoms with Crippen LogP contribution in [-0.2, 0) is 6.54 Å². The summed E-state index contributed by atoms with van der Waals surface area (Å²) < 4.78 is 0. The maximum atomic E-state index is 12.6. The Labute approximate surface area is 199 Å². The predicted octanol–water partition coefficient (Wildman–Crippen LogP) is 2.89. The molecule has 180 valence electrons. The van der Waals surface area contributed by atoms with Gasteiger partial charge in [0, 0.05) is 18.4 Å². The van der Waals surface area contributed by atoms with Crippen LogP contribution in [0.3, 0.4) is 0 Å². The number of H-pyrrole nitrogens is 1. The van der Waals surface area contributed by atoms with Crippen molar-refractivity contribution in [1.82, 2.24) is 14.9 Å². The molecule has 0 radical (unpaired) electrons. The average molecular weight is 464 g/mol. The number of urea groups is 1. The summed E-state index contributed by atoms with van der Waals surface area (Å²) in [5.74, 6) is 0.0758. The normalized spacial score (nSPS) is 10.9. The SMILES string of the molecule is Cc1ccccc1NC(=O)Nc1nc(=O)c(-c2ccc(CN(CCCN)CCCN)cc2)c[nH]1. The predicted molar refractivity (Wildman–Crippen MR) is 137 cm³/mol. The van der Waals surface area contributed by atoms with E-state index >= 15 is 0 Å². The minimum absolute atomic E-state index is 0.0758. The first-order valence-electron chi connectivity index (χ1n) is 11.5. The van der Waals surface area contributed by atoms with Crippen LogP contribution in [0.15, 0.2) is 59.5 Å². The van der Waals surface area contributed by atoms with Gasteiger partial charge in [-0.2, -0.15) is 4.98 Å². The van der Waals surface area contributed by atoms with Crippen molar-refractivity contribution in [2.24, 2.45) is 11.5 Å². The van der Waals surface area contributed by atoms with E-state index in [2.05, 4.69) is 25.5 Å². The zero-order valence-corrected chi connectivity index (χ0v) is 19.5. The van der Waals surface area contributed by atoms with Gasteiger partial charge in [-0.3, -0.25) is 15.0 Å². The molecule has 0 aliphatic carbocycles. The summed E-state index contributed by atoms with van der Waals surface area (Å²) in [6.45, 7) is 5.86. The fraction of sp³-hybridized carbons (Fsp3) is 0.320. The van der Waals surface area contributed by atoms with E-state index in [0.717, 1.165) is 49.2 Å². The van der Waals surface area contributed by atoms with Crippen LogP contribution in [0.2, 0.25) is 0 Å². The lowest BCUT2D eigenvalue weighted by atomic mass is 10.1. The van der Waals surface area contributed by atoms with Crippen molar-refractivity contribution in [3.8, 4) is 11.1 Å². The molecule has 0 bridgehead atoms. The number of carbonyl (C=O) groups is 1. The molecule has 9 nitrogen and oxygen atoms in total. The van der Waals surface area contributed by atoms with Crippen LogP contribution >= 0.6 is 0 Å². The van der Waals surface area contributed by atoms with Crippen LogP contribution < -0.4 is 27.7 Å². The van der Waals surface area contributed by atoms with E-state index in [1.165, 1.54) is 0 Å². The molecule has 0 atom stereocenters. The fourth-order valence-electron chi connectivity index (χ4n) is 3.59. The Bertz CT molecular complexity index is 1120. The lowest BCUT2D eigenvalue weighted by Gasteiger charge is -2.22. The molecule has 0 aliphatic heterocycles. The zero-order chi connectivity index (χ0) is 24.3. The summed E-state index contributed by atoms with van der Waals surface area (Å²) in [4.78, 5) is 34.1. The monoisotopic (exact) mass is 463 g/mol. The first-order valence-corrected chi connectivity index (χ1v) is 11.5. The van der Waals surface area contributed by atoms with Gasteiger partial charge in [0.25, 0.3) is 5.56 Å². The number of hydrogen-bond donors (Lipinski definition) is 5. The van der Waals surface area contributed by atoms with E-state index in [1.807, 2.05) is 49.4 Å². The molecule has 2 amide bonds. The molecule has 7 N–H and O–H groups in total. The number of nitrogens with one attached hydrogen (secondary N) is 3. The van der Waals surface area contributed by atoms with E-state index in [-0.39, 0.29) is 5.95 Å². The highest BCUT2D eigenvalue weighted by Crippen LogP contribution is 2.17. The highest BCUT2D eigenvalue weighted by molar-refractivity contribution is 5.99. The number of para-hydroxylation sites is 1. The van der Waals surface area contributed by atoms with Gasteiger partial charge in [0.05, 0.1) is 5.56 Å². The summed E-state index contributed by atoms with van der Waals surface area (Å²) in [5, 5.41) is 5.30. The number of hydrogen-bond acceptors (Lipinski definition) is 6. The van der Waals surface area contributed by atoms with Crippen LogP contribution in [0.5, 0.6) is 0 Å². The van der Waals surface area contributed by atoms with E-state index in [9.17, 15) is 9.59 Å². The number of nitrogens with zero attached hydrogens (tertiary/aromatic N) is 2. The Balaban J connectivity index is 1.64. The summed E-state index contributed by atoms with van der Waals surface area (Å²) >= 11 is 0. The molecule has 0 fully saturated rings. The van der Waals surface area contributed by atoms with E-state index < -0.39 is 11.6 Å². The fourth-order valence-corrected chi connectivity index (χ4v) is 3.59. The van der Waals surface area contributed by atoms with Gasteiger partial charge in [0.15, 0.2) is 0 Å². The van der Waals surface area contributed by atoms with Crippen molar-refractivity contribution in [1.29, 1.82) is 0 Å². The van der Waals surface area contributed by atoms with Crippen molar-refractivity contribution in [3.05, 3.63) is 76.2 Å². The number of benzene rings is 2. The van der Waals surface area contributed by atoms with Gasteiger partial charge in [0.1, 0.15) is 0 Å². The van der Waals surface area contributed by atoms with Gasteiger partial charge < -0.3 is 21.8 Å². The molecule has 3 aromatic rings. The second-order valence-corrected chi connectivity index (χ2v) is 8.12. The second kappa shape index (κ2) is 12.6. The van der Waals surface area contributed by atoms with Gasteiger partial charge >= 0.3 is 6.03 Å². The Morgan fingerprint density at radius 1 is 1.00 bits per heavy atom. The van der Waals surface area contributed by atoms with Crippen LogP contribution in [0.4, 0.5) is 16.4 Å². The molecular weight excluding hydrogens is 430 g/mol. The van der Waals surface area contributed by atoms with Crippen LogP contribution in [-0.4, -0.2) is 47.1 Å². The second-order valence-electron chi connectivity index (χ2n) is 8.12. The quantitative estimate of drug-likeness (QED) is 0.296. The largest absolute Gasteiger partial charge is 0.331 e. The molecule has 0 aliphatic rings. The summed E-state index contributed by atoms with van der Waals surface area (Å²) in [6, 6.07) is 14.8. The molecular formula is C25H33N7O2. The zero-order valence-electron chi connectivity index (χ0n) is 19.5. The van der Waals surface area contributed by atoms with Gasteiger partial charge in [0.2, 0.25) is 5.95 Å². The minimum Gasteiger partial charge on any atom is -0.331 e. The van der Waals surface area contributed by atoms with Gasteiger partial charge in [-0.1, -0.05) is 42.5 Å². The third kappa shape index (κ3) is 7.24. The number of aromatic amines is 1. The van der Waals surface area contributed by atoms with E-state index in [1.54, 1.807) is 12.3 Å². The molecule has 1 aromatic heterocycles. The lowest BCUT2D eigenvalue weighted by molar-refractivity contribution is 0.262. The summed E-state index contributed by atoms with van der Waals surface area (Å²) in [5.41, 5.74) is 14.8. The van der Waals surface area contributed by atoms with Gasteiger partial charge in [-0.15, -0.1) is 0 Å². The average Bonchev–Trinajstić information content (AvgIpc) is 2.83. The van der Waals surface area contributed by atoms with Crippen LogP contribution in [0.1, 0.15) is 24.0 Å². The Morgan fingerprint density at radius 3 is 2.29 bits per heavy atom. The molecule has 3 rings (SSSR count). The number of anilines is 2. The van der Waals surface area contributed by atoms with Crippen LogP contribution in [0.25, 0.3) is 11.1 Å². The maximum absolute atomic E-state index is 12.6. The Kier molecular flexibility index (Phi) is 9.33. The third-order valence-corrected chi connectivity index (χ3v) is 5.45. The highest BCUT2D eigenvalue weighted by Gasteiger charge is 2.10. The van der Waals surface area contributed by atoms with E-state index in [4.69, 9.17) is 11.5 Å². The maximum Gasteiger partial charge on any atom is 0.326 e. The molecule has 1 heterocycles. The number of carbonyl (C=O) groups excluding carboxylic acids is 1. The standard InChI is InChI=1S/C25H33N7O2/c1-18-6-2-3-7-22(18)29-25(34)31-24-28-16-21(23(33)30-24)20-10-8-19(9-11-20)17-32(14-4-12-26)15-5-13-27/h2-3,6-11,16H,4-5,12-15,17,26-27H2,1H3,(H3,28,29,30,31,33,34). The van der Waals surface area contributed by atoms with Crippen molar-refractivity contribution in [3.63, 3.8) is 0 Å². The van der Waals surface area contributed by atoms with E-state index in [0.29, 0.717) is 24.3 Å². The number of aromatic nitrogens is 2. The molecule has 0 saturated heterocycles. The van der Waals surface area contributed by atoms with Gasteiger partial charge in [-0.05, 0) is 68.7 Å². The molecule has 0 spiro atoms. The Morgan fingerprint density at radius 2 is 1.68 bits per heavy atom. The number of amides is 2. The lowest BCUT2D eigenvalue weighted by Crippen LogP contribution is -2.28.